The van der Waals surface area contributed by atoms with Gasteiger partial charge in [0.15, 0.2) is 0 Å². The van der Waals surface area contributed by atoms with Gasteiger partial charge in [-0.05, 0) is 35.1 Å². The van der Waals surface area contributed by atoms with Crippen LogP contribution in [0.5, 0.6) is 0 Å². The van der Waals surface area contributed by atoms with Gasteiger partial charge in [-0.25, -0.2) is 0 Å². The van der Waals surface area contributed by atoms with E-state index in [4.69, 9.17) is 0 Å². The summed E-state index contributed by atoms with van der Waals surface area (Å²) in [6.07, 6.45) is 13.9. The van der Waals surface area contributed by atoms with E-state index in [1.165, 1.54) is 27.6 Å². The Hall–Kier alpha value is -2.44. The first kappa shape index (κ1) is 20.3. The number of benzene rings is 3. The summed E-state index contributed by atoms with van der Waals surface area (Å²) in [6.45, 7) is 0. The number of H-pyrrole nitrogens is 1. The van der Waals surface area contributed by atoms with Crippen LogP contribution in [-0.2, 0) is 39.0 Å². The Morgan fingerprint density at radius 1 is 0.643 bits per heavy atom. The van der Waals surface area contributed by atoms with Gasteiger partial charge in [-0.1, -0.05) is 85.0 Å². The van der Waals surface area contributed by atoms with E-state index < -0.39 is 0 Å². The summed E-state index contributed by atoms with van der Waals surface area (Å²) in [5, 5.41) is 1.22. The molecule has 0 spiro atoms. The van der Waals surface area contributed by atoms with Crippen LogP contribution in [0.2, 0.25) is 0 Å². The van der Waals surface area contributed by atoms with Crippen LogP contribution in [0.1, 0.15) is 22.3 Å². The number of allylic oxidation sites excluding steroid dienone is 2. The molecule has 1 N–H and O–H groups in total. The number of para-hydroxylation sites is 1. The molecule has 0 atom stereocenters. The Kier molecular flexibility index (Phi) is 7.40. The standard InChI is InChI=1S/2C9H8.C8H6N.Zr/c2*1-2-5-9-7-3-6-8(9)4-1;1-2-4-8-7(3-1)5-6-9-8;/h2*1-6H,7H2;1-5,9H;/q;;-1;. The Labute approximate surface area is 185 Å². The molecule has 2 aliphatic carbocycles. The normalized spacial score (nSPS) is 12.1. The molecule has 0 fully saturated rings. The Morgan fingerprint density at radius 3 is 1.75 bits per heavy atom. The van der Waals surface area contributed by atoms with Crippen LogP contribution < -0.4 is 0 Å². The molecule has 0 saturated carbocycles. The molecule has 6 rings (SSSR count). The third-order valence-electron chi connectivity index (χ3n) is 4.78. The van der Waals surface area contributed by atoms with Crippen LogP contribution >= 0.6 is 0 Å². The molecule has 1 aromatic heterocycles. The second-order valence-electron chi connectivity index (χ2n) is 6.61. The predicted molar refractivity (Wildman–Crippen MR) is 115 cm³/mol. The number of rotatable bonds is 0. The molecule has 2 heteroatoms. The Morgan fingerprint density at radius 2 is 1.18 bits per heavy atom. The fourth-order valence-corrected chi connectivity index (χ4v) is 3.32. The third-order valence-corrected chi connectivity index (χ3v) is 4.78. The smallest absolute Gasteiger partial charge is 0 e. The third kappa shape index (κ3) is 5.09. The van der Waals surface area contributed by atoms with Crippen molar-refractivity contribution in [2.75, 3.05) is 0 Å². The van der Waals surface area contributed by atoms with Gasteiger partial charge in [-0.3, -0.25) is 0 Å². The van der Waals surface area contributed by atoms with E-state index in [1.54, 1.807) is 0 Å². The van der Waals surface area contributed by atoms with Crippen molar-refractivity contribution in [1.82, 2.24) is 4.98 Å². The van der Waals surface area contributed by atoms with Crippen molar-refractivity contribution in [1.29, 1.82) is 0 Å². The first-order chi connectivity index (χ1) is 13.4. The average molecular weight is 440 g/mol. The van der Waals surface area contributed by atoms with Gasteiger partial charge >= 0.3 is 0 Å². The molecule has 4 aromatic rings. The number of fused-ring (bicyclic) bond motifs is 3. The Bertz CT molecular complexity index is 1000. The summed E-state index contributed by atoms with van der Waals surface area (Å²) >= 11 is 0. The number of aromatic amines is 1. The molecular weight excluding hydrogens is 418 g/mol. The summed E-state index contributed by atoms with van der Waals surface area (Å²) in [4.78, 5) is 2.99. The molecule has 0 bridgehead atoms. The minimum absolute atomic E-state index is 0. The molecule has 2 aliphatic rings. The number of hydrogen-bond acceptors (Lipinski definition) is 0. The molecule has 0 amide bonds. The predicted octanol–water partition coefficient (Wildman–Crippen LogP) is 6.48. The SMILES string of the molecule is C1=Cc2ccccc2C1.C1=Cc2ccccc2C1.[Zr].[c-]1cc2ccccc2[nH]1. The molecule has 0 unspecified atom stereocenters. The fraction of sp³-hybridized carbons (Fsp3) is 0.0769. The zero-order valence-corrected chi connectivity index (χ0v) is 18.2. The van der Waals surface area contributed by atoms with E-state index in [0.29, 0.717) is 0 Å². The van der Waals surface area contributed by atoms with Crippen molar-refractivity contribution < 1.29 is 26.2 Å². The monoisotopic (exact) mass is 438 g/mol. The quantitative estimate of drug-likeness (QED) is 0.302. The van der Waals surface area contributed by atoms with Crippen LogP contribution in [0.15, 0.2) is 91.0 Å². The molecule has 3 aromatic carbocycles. The maximum absolute atomic E-state index is 2.99. The van der Waals surface area contributed by atoms with Gasteiger partial charge < -0.3 is 4.98 Å². The van der Waals surface area contributed by atoms with E-state index in [1.807, 2.05) is 24.3 Å². The van der Waals surface area contributed by atoms with E-state index in [0.717, 1.165) is 18.4 Å². The van der Waals surface area contributed by atoms with E-state index in [9.17, 15) is 0 Å². The van der Waals surface area contributed by atoms with Gasteiger partial charge in [0.1, 0.15) is 0 Å². The van der Waals surface area contributed by atoms with Gasteiger partial charge in [0, 0.05) is 26.2 Å². The zero-order chi connectivity index (χ0) is 18.3. The van der Waals surface area contributed by atoms with Gasteiger partial charge in [-0.2, -0.15) is 11.5 Å². The van der Waals surface area contributed by atoms with Gasteiger partial charge in [0.2, 0.25) is 0 Å². The van der Waals surface area contributed by atoms with E-state index in [2.05, 4.69) is 90.1 Å². The van der Waals surface area contributed by atoms with Crippen LogP contribution in [-0.4, -0.2) is 4.98 Å². The first-order valence-corrected chi connectivity index (χ1v) is 9.33. The van der Waals surface area contributed by atoms with Crippen molar-refractivity contribution in [2.45, 2.75) is 12.8 Å². The number of aromatic nitrogens is 1. The summed E-state index contributed by atoms with van der Waals surface area (Å²) in [5.74, 6) is 0. The molecule has 0 radical (unpaired) electrons. The van der Waals surface area contributed by atoms with E-state index >= 15 is 0 Å². The molecular formula is C26H22NZr-. The van der Waals surface area contributed by atoms with Crippen molar-refractivity contribution in [2.24, 2.45) is 0 Å². The van der Waals surface area contributed by atoms with Gasteiger partial charge in [0.25, 0.3) is 0 Å². The van der Waals surface area contributed by atoms with Crippen LogP contribution in [0, 0.1) is 6.20 Å². The zero-order valence-electron chi connectivity index (χ0n) is 15.7. The summed E-state index contributed by atoms with van der Waals surface area (Å²) in [5.41, 5.74) is 6.84. The van der Waals surface area contributed by atoms with Crippen LogP contribution in [0.4, 0.5) is 0 Å². The number of nitrogens with one attached hydrogen (secondary N) is 1. The summed E-state index contributed by atoms with van der Waals surface area (Å²) in [6, 6.07) is 27.0. The maximum Gasteiger partial charge on any atom is 0 e. The second-order valence-corrected chi connectivity index (χ2v) is 6.61. The van der Waals surface area contributed by atoms with Gasteiger partial charge in [-0.15, -0.1) is 23.8 Å². The Balaban J connectivity index is 0.000000118. The largest absolute Gasteiger partial charge is 0.477 e. The van der Waals surface area contributed by atoms with Crippen molar-refractivity contribution in [3.8, 4) is 0 Å². The molecule has 1 nitrogen and oxygen atoms in total. The molecule has 0 aliphatic heterocycles. The van der Waals surface area contributed by atoms with Gasteiger partial charge in [0.05, 0.1) is 0 Å². The molecule has 1 heterocycles. The second kappa shape index (κ2) is 10.2. The molecule has 28 heavy (non-hydrogen) atoms. The summed E-state index contributed by atoms with van der Waals surface area (Å²) in [7, 11) is 0. The topological polar surface area (TPSA) is 15.8 Å². The molecule has 0 saturated heterocycles. The van der Waals surface area contributed by atoms with Crippen LogP contribution in [0.3, 0.4) is 0 Å². The fourth-order valence-electron chi connectivity index (χ4n) is 3.32. The average Bonchev–Trinajstić information content (AvgIpc) is 3.48. The van der Waals surface area contributed by atoms with E-state index in [-0.39, 0.29) is 26.2 Å². The van der Waals surface area contributed by atoms with Crippen molar-refractivity contribution in [3.05, 3.63) is 119 Å². The van der Waals surface area contributed by atoms with Crippen LogP contribution in [0.25, 0.3) is 23.1 Å². The maximum atomic E-state index is 2.99. The summed E-state index contributed by atoms with van der Waals surface area (Å²) < 4.78 is 0. The van der Waals surface area contributed by atoms with Crippen molar-refractivity contribution in [3.63, 3.8) is 0 Å². The van der Waals surface area contributed by atoms with Crippen molar-refractivity contribution >= 4 is 23.1 Å². The minimum Gasteiger partial charge on any atom is -0.477 e. The minimum atomic E-state index is 0. The number of hydrogen-bond donors (Lipinski definition) is 1. The molecule has 136 valence electrons. The first-order valence-electron chi connectivity index (χ1n) is 9.33.